The number of Topliss-reactive ketones (excluding diaryl/α,β-unsaturated/α-hetero) is 1. The molecule has 1 atom stereocenters. The minimum Gasteiger partial charge on any atom is -0.507 e. The summed E-state index contributed by atoms with van der Waals surface area (Å²) in [6, 6.07) is 13.4. The number of aliphatic hydroxyl groups excluding tert-OH is 1. The Balaban J connectivity index is 1.97. The molecular formula is C26H21Cl2NO5. The summed E-state index contributed by atoms with van der Waals surface area (Å²) in [5.41, 5.74) is 3.03. The number of anilines is 1. The molecule has 6 nitrogen and oxygen atoms in total. The molecule has 0 bridgehead atoms. The van der Waals surface area contributed by atoms with E-state index < -0.39 is 17.7 Å². The molecule has 1 fully saturated rings. The molecule has 1 aliphatic heterocycles. The lowest BCUT2D eigenvalue weighted by molar-refractivity contribution is -0.132. The maximum Gasteiger partial charge on any atom is 0.300 e. The highest BCUT2D eigenvalue weighted by molar-refractivity contribution is 6.51. The number of amides is 1. The van der Waals surface area contributed by atoms with Gasteiger partial charge in [-0.1, -0.05) is 35.3 Å². The van der Waals surface area contributed by atoms with Crippen molar-refractivity contribution < 1.29 is 24.5 Å². The summed E-state index contributed by atoms with van der Waals surface area (Å²) < 4.78 is 5.16. The van der Waals surface area contributed by atoms with Crippen LogP contribution in [-0.4, -0.2) is 29.0 Å². The van der Waals surface area contributed by atoms with Crippen molar-refractivity contribution in [2.75, 3.05) is 12.0 Å². The first-order chi connectivity index (χ1) is 16.1. The molecule has 1 saturated heterocycles. The molecule has 0 spiro atoms. The third-order valence-electron chi connectivity index (χ3n) is 5.93. The normalized spacial score (nSPS) is 17.3. The standard InChI is InChI=1S/C26H21Cl2NO5/c1-13-4-7-17(10-14(13)2)29-23(15-5-8-20(30)18(27)11-15)22(25(32)26(29)33)24(31)16-6-9-21(34-3)19(28)12-16/h4-12,23,30-31H,1-3H3/b24-22+. The van der Waals surface area contributed by atoms with Crippen LogP contribution in [0.4, 0.5) is 5.69 Å². The fourth-order valence-corrected chi connectivity index (χ4v) is 4.40. The number of ether oxygens (including phenoxy) is 1. The summed E-state index contributed by atoms with van der Waals surface area (Å²) in [4.78, 5) is 27.8. The quantitative estimate of drug-likeness (QED) is 0.264. The second kappa shape index (κ2) is 9.05. The Morgan fingerprint density at radius 2 is 1.68 bits per heavy atom. The van der Waals surface area contributed by atoms with Gasteiger partial charge in [-0.05, 0) is 73.0 Å². The summed E-state index contributed by atoms with van der Waals surface area (Å²) in [6.45, 7) is 3.85. The van der Waals surface area contributed by atoms with Gasteiger partial charge in [-0.25, -0.2) is 0 Å². The Morgan fingerprint density at radius 1 is 0.941 bits per heavy atom. The topological polar surface area (TPSA) is 87.1 Å². The predicted molar refractivity (Wildman–Crippen MR) is 132 cm³/mol. The van der Waals surface area contributed by atoms with E-state index in [1.54, 1.807) is 30.3 Å². The van der Waals surface area contributed by atoms with Crippen LogP contribution in [0.5, 0.6) is 11.5 Å². The Morgan fingerprint density at radius 3 is 2.29 bits per heavy atom. The molecule has 1 amide bonds. The molecule has 1 aliphatic rings. The third kappa shape index (κ3) is 4.00. The SMILES string of the molecule is COc1ccc(/C(O)=C2\C(=O)C(=O)N(c3ccc(C)c(C)c3)C2c2ccc(O)c(Cl)c2)cc1Cl. The van der Waals surface area contributed by atoms with E-state index in [1.165, 1.54) is 30.2 Å². The molecule has 3 aromatic carbocycles. The number of nitrogens with zero attached hydrogens (tertiary/aromatic N) is 1. The lowest BCUT2D eigenvalue weighted by Gasteiger charge is -2.26. The zero-order valence-electron chi connectivity index (χ0n) is 18.6. The Labute approximate surface area is 206 Å². The second-order valence-corrected chi connectivity index (χ2v) is 8.81. The molecule has 34 heavy (non-hydrogen) atoms. The molecular weight excluding hydrogens is 477 g/mol. The number of benzene rings is 3. The van der Waals surface area contributed by atoms with Gasteiger partial charge in [-0.2, -0.15) is 0 Å². The third-order valence-corrected chi connectivity index (χ3v) is 6.52. The predicted octanol–water partition coefficient (Wildman–Crippen LogP) is 5.95. The fraction of sp³-hybridized carbons (Fsp3) is 0.154. The van der Waals surface area contributed by atoms with E-state index in [2.05, 4.69) is 0 Å². The van der Waals surface area contributed by atoms with Crippen LogP contribution in [-0.2, 0) is 9.59 Å². The number of halogens is 2. The van der Waals surface area contributed by atoms with Gasteiger partial charge >= 0.3 is 0 Å². The molecule has 174 valence electrons. The number of phenolic OH excluding ortho intramolecular Hbond substituents is 1. The second-order valence-electron chi connectivity index (χ2n) is 8.00. The largest absolute Gasteiger partial charge is 0.507 e. The minimum atomic E-state index is -0.985. The van der Waals surface area contributed by atoms with E-state index in [4.69, 9.17) is 27.9 Å². The van der Waals surface area contributed by atoms with Gasteiger partial charge in [0, 0.05) is 11.3 Å². The van der Waals surface area contributed by atoms with E-state index in [9.17, 15) is 19.8 Å². The summed E-state index contributed by atoms with van der Waals surface area (Å²) in [6.07, 6.45) is 0. The van der Waals surface area contributed by atoms with Gasteiger partial charge in [-0.3, -0.25) is 14.5 Å². The number of ketones is 1. The summed E-state index contributed by atoms with van der Waals surface area (Å²) in [7, 11) is 1.46. The van der Waals surface area contributed by atoms with Crippen molar-refractivity contribution in [1.29, 1.82) is 0 Å². The molecule has 1 heterocycles. The van der Waals surface area contributed by atoms with Crippen LogP contribution in [0.2, 0.25) is 10.0 Å². The summed E-state index contributed by atoms with van der Waals surface area (Å²) >= 11 is 12.4. The summed E-state index contributed by atoms with van der Waals surface area (Å²) in [5.74, 6) is -1.77. The van der Waals surface area contributed by atoms with Crippen LogP contribution < -0.4 is 9.64 Å². The van der Waals surface area contributed by atoms with Crippen molar-refractivity contribution in [3.05, 3.63) is 92.5 Å². The number of methoxy groups -OCH3 is 1. The lowest BCUT2D eigenvalue weighted by atomic mass is 9.95. The Kier molecular flexibility index (Phi) is 6.30. The molecule has 0 radical (unpaired) electrons. The van der Waals surface area contributed by atoms with Gasteiger partial charge in [0.15, 0.2) is 0 Å². The molecule has 0 aliphatic carbocycles. The molecule has 3 aromatic rings. The van der Waals surface area contributed by atoms with Crippen LogP contribution in [0.1, 0.15) is 28.3 Å². The van der Waals surface area contributed by atoms with Crippen molar-refractivity contribution in [3.8, 4) is 11.5 Å². The highest BCUT2D eigenvalue weighted by Crippen LogP contribution is 2.44. The van der Waals surface area contributed by atoms with E-state index in [0.29, 0.717) is 17.0 Å². The fourth-order valence-electron chi connectivity index (χ4n) is 3.95. The smallest absolute Gasteiger partial charge is 0.300 e. The van der Waals surface area contributed by atoms with Crippen LogP contribution in [0, 0.1) is 13.8 Å². The van der Waals surface area contributed by atoms with Gasteiger partial charge in [0.25, 0.3) is 11.7 Å². The zero-order valence-corrected chi connectivity index (χ0v) is 20.1. The number of aromatic hydroxyl groups is 1. The van der Waals surface area contributed by atoms with Gasteiger partial charge in [0.05, 0.1) is 28.8 Å². The summed E-state index contributed by atoms with van der Waals surface area (Å²) in [5, 5.41) is 21.4. The van der Waals surface area contributed by atoms with Crippen LogP contribution in [0.3, 0.4) is 0 Å². The van der Waals surface area contributed by atoms with E-state index in [1.807, 2.05) is 19.9 Å². The van der Waals surface area contributed by atoms with Crippen LogP contribution in [0.25, 0.3) is 5.76 Å². The highest BCUT2D eigenvalue weighted by Gasteiger charge is 2.47. The van der Waals surface area contributed by atoms with E-state index in [0.717, 1.165) is 11.1 Å². The van der Waals surface area contributed by atoms with E-state index >= 15 is 0 Å². The number of carbonyl (C=O) groups excluding carboxylic acids is 2. The van der Waals surface area contributed by atoms with Crippen molar-refractivity contribution in [1.82, 2.24) is 0 Å². The number of hydrogen-bond donors (Lipinski definition) is 2. The maximum absolute atomic E-state index is 13.3. The molecule has 2 N–H and O–H groups in total. The van der Waals surface area contributed by atoms with Gasteiger partial charge in [0.2, 0.25) is 0 Å². The number of aryl methyl sites for hydroxylation is 2. The van der Waals surface area contributed by atoms with Crippen molar-refractivity contribution in [2.45, 2.75) is 19.9 Å². The maximum atomic E-state index is 13.3. The van der Waals surface area contributed by atoms with Crippen molar-refractivity contribution in [2.24, 2.45) is 0 Å². The average Bonchev–Trinajstić information content (AvgIpc) is 3.07. The average molecular weight is 498 g/mol. The number of rotatable bonds is 4. The molecule has 0 saturated carbocycles. The monoisotopic (exact) mass is 497 g/mol. The molecule has 4 rings (SSSR count). The van der Waals surface area contributed by atoms with Gasteiger partial charge in [-0.15, -0.1) is 0 Å². The Bertz CT molecular complexity index is 1370. The Hall–Kier alpha value is -3.48. The van der Waals surface area contributed by atoms with Gasteiger partial charge in [0.1, 0.15) is 17.3 Å². The number of carbonyl (C=O) groups is 2. The van der Waals surface area contributed by atoms with Crippen LogP contribution >= 0.6 is 23.2 Å². The molecule has 8 heteroatoms. The molecule has 0 aromatic heterocycles. The first-order valence-corrected chi connectivity index (χ1v) is 11.1. The molecule has 1 unspecified atom stereocenters. The van der Waals surface area contributed by atoms with Crippen LogP contribution in [0.15, 0.2) is 60.2 Å². The first-order valence-electron chi connectivity index (χ1n) is 10.3. The number of phenols is 1. The zero-order chi connectivity index (χ0) is 24.7. The number of hydrogen-bond acceptors (Lipinski definition) is 5. The van der Waals surface area contributed by atoms with Crippen molar-refractivity contribution in [3.63, 3.8) is 0 Å². The minimum absolute atomic E-state index is 0.0515. The van der Waals surface area contributed by atoms with Crippen molar-refractivity contribution >= 4 is 46.3 Å². The van der Waals surface area contributed by atoms with Gasteiger partial charge < -0.3 is 14.9 Å². The number of aliphatic hydroxyl groups is 1. The first kappa shape index (κ1) is 23.7. The van der Waals surface area contributed by atoms with E-state index in [-0.39, 0.29) is 32.7 Å². The lowest BCUT2D eigenvalue weighted by Crippen LogP contribution is -2.29. The highest BCUT2D eigenvalue weighted by atomic mass is 35.5.